The number of nitrogens with one attached hydrogen (secondary N) is 1. The summed E-state index contributed by atoms with van der Waals surface area (Å²) in [6.45, 7) is 3.67. The van der Waals surface area contributed by atoms with Gasteiger partial charge in [0.1, 0.15) is 0 Å². The number of aromatic nitrogens is 1. The minimum atomic E-state index is -0.0782. The van der Waals surface area contributed by atoms with Crippen LogP contribution >= 0.6 is 11.3 Å². The molecule has 0 aliphatic carbocycles. The highest BCUT2D eigenvalue weighted by Gasteiger charge is 2.21. The quantitative estimate of drug-likeness (QED) is 0.881. The Morgan fingerprint density at radius 3 is 3.17 bits per heavy atom. The summed E-state index contributed by atoms with van der Waals surface area (Å²) in [6, 6.07) is 7.60. The molecule has 2 aromatic heterocycles. The first-order chi connectivity index (χ1) is 11.3. The van der Waals surface area contributed by atoms with Gasteiger partial charge >= 0.3 is 0 Å². The van der Waals surface area contributed by atoms with E-state index in [9.17, 15) is 4.79 Å². The van der Waals surface area contributed by atoms with E-state index in [1.54, 1.807) is 6.20 Å². The normalized spacial score (nSPS) is 17.2. The van der Waals surface area contributed by atoms with Crippen molar-refractivity contribution in [3.63, 3.8) is 0 Å². The molecule has 1 aliphatic rings. The predicted molar refractivity (Wildman–Crippen MR) is 88.8 cm³/mol. The number of hydrogen-bond acceptors (Lipinski definition) is 5. The van der Waals surface area contributed by atoms with Crippen molar-refractivity contribution in [1.82, 2.24) is 10.3 Å². The Hall–Kier alpha value is -1.92. The standard InChI is InChI=1S/C17H20N2O3S/c1-2-21-17-12(5-3-9-18-17)11-19-16(20)15-8-7-14(23-15)13-6-4-10-22-13/h3,5,7-9,13H,2,4,6,10-11H2,1H3,(H,19,20)/t13-/m0/s1. The summed E-state index contributed by atoms with van der Waals surface area (Å²) < 4.78 is 11.1. The van der Waals surface area contributed by atoms with Gasteiger partial charge in [0.05, 0.1) is 17.6 Å². The number of hydrogen-bond donors (Lipinski definition) is 1. The highest BCUT2D eigenvalue weighted by Crippen LogP contribution is 2.33. The molecule has 0 saturated carbocycles. The second kappa shape index (κ2) is 7.57. The highest BCUT2D eigenvalue weighted by molar-refractivity contribution is 7.14. The summed E-state index contributed by atoms with van der Waals surface area (Å²) >= 11 is 1.50. The summed E-state index contributed by atoms with van der Waals surface area (Å²) in [5.74, 6) is 0.493. The van der Waals surface area contributed by atoms with Crippen LogP contribution in [0.4, 0.5) is 0 Å². The van der Waals surface area contributed by atoms with Crippen molar-refractivity contribution >= 4 is 17.2 Å². The number of nitrogens with zero attached hydrogens (tertiary/aromatic N) is 1. The molecule has 0 spiro atoms. The van der Waals surface area contributed by atoms with Crippen molar-refractivity contribution in [2.45, 2.75) is 32.4 Å². The van der Waals surface area contributed by atoms with Crippen molar-refractivity contribution < 1.29 is 14.3 Å². The first-order valence-corrected chi connectivity index (χ1v) is 8.66. The van der Waals surface area contributed by atoms with Gasteiger partial charge in [-0.15, -0.1) is 11.3 Å². The van der Waals surface area contributed by atoms with E-state index in [0.717, 1.165) is 29.9 Å². The van der Waals surface area contributed by atoms with Crippen LogP contribution in [-0.2, 0) is 11.3 Å². The molecule has 1 N–H and O–H groups in total. The molecule has 0 bridgehead atoms. The third kappa shape index (κ3) is 3.89. The third-order valence-electron chi connectivity index (χ3n) is 3.67. The fraction of sp³-hybridized carbons (Fsp3) is 0.412. The molecular formula is C17H20N2O3S. The zero-order chi connectivity index (χ0) is 16.1. The van der Waals surface area contributed by atoms with Crippen LogP contribution in [0.3, 0.4) is 0 Å². The van der Waals surface area contributed by atoms with Gasteiger partial charge in [-0.25, -0.2) is 4.98 Å². The molecule has 1 atom stereocenters. The molecule has 1 fully saturated rings. The number of carbonyl (C=O) groups excluding carboxylic acids is 1. The Morgan fingerprint density at radius 1 is 1.48 bits per heavy atom. The minimum Gasteiger partial charge on any atom is -0.478 e. The van der Waals surface area contributed by atoms with Crippen molar-refractivity contribution in [1.29, 1.82) is 0 Å². The summed E-state index contributed by atoms with van der Waals surface area (Å²) in [5.41, 5.74) is 0.874. The molecular weight excluding hydrogens is 312 g/mol. The molecule has 1 aliphatic heterocycles. The zero-order valence-electron chi connectivity index (χ0n) is 13.1. The lowest BCUT2D eigenvalue weighted by atomic mass is 10.2. The third-order valence-corrected chi connectivity index (χ3v) is 4.84. The topological polar surface area (TPSA) is 60.5 Å². The van der Waals surface area contributed by atoms with E-state index in [-0.39, 0.29) is 12.0 Å². The fourth-order valence-electron chi connectivity index (χ4n) is 2.54. The molecule has 122 valence electrons. The lowest BCUT2D eigenvalue weighted by molar-refractivity contribution is 0.0954. The molecule has 3 heterocycles. The van der Waals surface area contributed by atoms with Crippen LogP contribution in [-0.4, -0.2) is 24.1 Å². The SMILES string of the molecule is CCOc1ncccc1CNC(=O)c1ccc([C@@H]2CCCO2)s1. The average Bonchev–Trinajstić information content (AvgIpc) is 3.25. The van der Waals surface area contributed by atoms with E-state index in [1.807, 2.05) is 31.2 Å². The molecule has 23 heavy (non-hydrogen) atoms. The van der Waals surface area contributed by atoms with E-state index in [2.05, 4.69) is 10.3 Å². The average molecular weight is 332 g/mol. The maximum absolute atomic E-state index is 12.3. The predicted octanol–water partition coefficient (Wildman–Crippen LogP) is 3.32. The van der Waals surface area contributed by atoms with Gasteiger partial charge in [0.15, 0.2) is 0 Å². The number of pyridine rings is 1. The molecule has 2 aromatic rings. The minimum absolute atomic E-state index is 0.0782. The smallest absolute Gasteiger partial charge is 0.261 e. The first kappa shape index (κ1) is 16.0. The Bertz CT molecular complexity index is 665. The molecule has 0 radical (unpaired) electrons. The van der Waals surface area contributed by atoms with E-state index in [4.69, 9.17) is 9.47 Å². The highest BCUT2D eigenvalue weighted by atomic mass is 32.1. The fourth-order valence-corrected chi connectivity index (χ4v) is 3.55. The second-order valence-electron chi connectivity index (χ2n) is 5.29. The van der Waals surface area contributed by atoms with Crippen molar-refractivity contribution in [3.8, 4) is 5.88 Å². The zero-order valence-corrected chi connectivity index (χ0v) is 13.9. The number of thiophene rings is 1. The van der Waals surface area contributed by atoms with Crippen LogP contribution in [0, 0.1) is 0 Å². The molecule has 5 nitrogen and oxygen atoms in total. The molecule has 6 heteroatoms. The van der Waals surface area contributed by atoms with Crippen LogP contribution in [0.1, 0.15) is 46.0 Å². The molecule has 3 rings (SSSR count). The van der Waals surface area contributed by atoms with Gasteiger partial charge in [-0.2, -0.15) is 0 Å². The largest absolute Gasteiger partial charge is 0.478 e. The van der Waals surface area contributed by atoms with Crippen LogP contribution in [0.15, 0.2) is 30.5 Å². The van der Waals surface area contributed by atoms with Crippen LogP contribution in [0.25, 0.3) is 0 Å². The number of rotatable bonds is 6. The first-order valence-electron chi connectivity index (χ1n) is 7.84. The van der Waals surface area contributed by atoms with Gasteiger partial charge in [0, 0.05) is 29.8 Å². The van der Waals surface area contributed by atoms with E-state index >= 15 is 0 Å². The van der Waals surface area contributed by atoms with Crippen LogP contribution in [0.2, 0.25) is 0 Å². The van der Waals surface area contributed by atoms with Gasteiger partial charge in [-0.05, 0) is 38.0 Å². The summed E-state index contributed by atoms with van der Waals surface area (Å²) in [7, 11) is 0. The lowest BCUT2D eigenvalue weighted by Crippen LogP contribution is -2.22. The maximum atomic E-state index is 12.3. The van der Waals surface area contributed by atoms with E-state index < -0.39 is 0 Å². The number of carbonyl (C=O) groups is 1. The summed E-state index contributed by atoms with van der Waals surface area (Å²) in [4.78, 5) is 18.3. The lowest BCUT2D eigenvalue weighted by Gasteiger charge is -2.09. The molecule has 0 aromatic carbocycles. The van der Waals surface area contributed by atoms with Gasteiger partial charge in [0.25, 0.3) is 5.91 Å². The summed E-state index contributed by atoms with van der Waals surface area (Å²) in [6.07, 6.45) is 3.97. The summed E-state index contributed by atoms with van der Waals surface area (Å²) in [5, 5.41) is 2.93. The van der Waals surface area contributed by atoms with Crippen molar-refractivity contribution in [2.75, 3.05) is 13.2 Å². The Kier molecular flexibility index (Phi) is 5.25. The molecule has 1 saturated heterocycles. The Morgan fingerprint density at radius 2 is 2.39 bits per heavy atom. The Labute approximate surface area is 139 Å². The van der Waals surface area contributed by atoms with Gasteiger partial charge in [0.2, 0.25) is 5.88 Å². The molecule has 0 unspecified atom stereocenters. The second-order valence-corrected chi connectivity index (χ2v) is 6.40. The van der Waals surface area contributed by atoms with Crippen molar-refractivity contribution in [3.05, 3.63) is 45.8 Å². The Balaban J connectivity index is 1.61. The monoisotopic (exact) mass is 332 g/mol. The number of amides is 1. The maximum Gasteiger partial charge on any atom is 0.261 e. The van der Waals surface area contributed by atoms with Gasteiger partial charge in [-0.1, -0.05) is 6.07 Å². The molecule has 1 amide bonds. The van der Waals surface area contributed by atoms with Gasteiger partial charge < -0.3 is 14.8 Å². The van der Waals surface area contributed by atoms with Crippen molar-refractivity contribution in [2.24, 2.45) is 0 Å². The van der Waals surface area contributed by atoms with Gasteiger partial charge in [-0.3, -0.25) is 4.79 Å². The van der Waals surface area contributed by atoms with Crippen LogP contribution in [0.5, 0.6) is 5.88 Å². The van der Waals surface area contributed by atoms with E-state index in [0.29, 0.717) is 23.9 Å². The van der Waals surface area contributed by atoms with Crippen LogP contribution < -0.4 is 10.1 Å². The number of ether oxygens (including phenoxy) is 2. The van der Waals surface area contributed by atoms with E-state index in [1.165, 1.54) is 11.3 Å².